The van der Waals surface area contributed by atoms with Crippen molar-refractivity contribution in [1.29, 1.82) is 0 Å². The first kappa shape index (κ1) is 13.5. The molecule has 6 heteroatoms. The lowest BCUT2D eigenvalue weighted by atomic mass is 10.2. The van der Waals surface area contributed by atoms with Crippen LogP contribution in [0.2, 0.25) is 0 Å². The maximum absolute atomic E-state index is 5.69. The van der Waals surface area contributed by atoms with E-state index >= 15 is 0 Å². The molecule has 0 aliphatic carbocycles. The Morgan fingerprint density at radius 3 is 2.95 bits per heavy atom. The SMILES string of the molecule is COc1csc(C(Cc2nc3ccccc3s2)NN)c1. The number of para-hydroxylation sites is 1. The first-order valence-corrected chi connectivity index (χ1v) is 7.93. The zero-order valence-electron chi connectivity index (χ0n) is 11.0. The van der Waals surface area contributed by atoms with E-state index in [4.69, 9.17) is 10.6 Å². The fourth-order valence-electron chi connectivity index (χ4n) is 2.05. The molecule has 2 heterocycles. The standard InChI is InChI=1S/C14H15N3OS2/c1-18-9-6-13(19-8-9)11(17-15)7-14-16-10-4-2-3-5-12(10)20-14/h2-6,8,11,17H,7,15H2,1H3. The Bertz CT molecular complexity index is 674. The molecule has 0 bridgehead atoms. The summed E-state index contributed by atoms with van der Waals surface area (Å²) in [6.45, 7) is 0. The van der Waals surface area contributed by atoms with Crippen LogP contribution >= 0.6 is 22.7 Å². The average Bonchev–Trinajstić information content (AvgIpc) is 3.10. The van der Waals surface area contributed by atoms with Gasteiger partial charge in [-0.2, -0.15) is 0 Å². The lowest BCUT2D eigenvalue weighted by Gasteiger charge is -2.11. The molecular weight excluding hydrogens is 290 g/mol. The highest BCUT2D eigenvalue weighted by Crippen LogP contribution is 2.30. The minimum absolute atomic E-state index is 0.0597. The predicted octanol–water partition coefficient (Wildman–Crippen LogP) is 3.11. The van der Waals surface area contributed by atoms with Gasteiger partial charge in [0.1, 0.15) is 5.75 Å². The summed E-state index contributed by atoms with van der Waals surface area (Å²) in [5.74, 6) is 6.56. The van der Waals surface area contributed by atoms with Crippen molar-refractivity contribution in [3.8, 4) is 5.75 Å². The molecule has 4 nitrogen and oxygen atoms in total. The maximum Gasteiger partial charge on any atom is 0.129 e. The van der Waals surface area contributed by atoms with Crippen LogP contribution in [-0.2, 0) is 6.42 Å². The fourth-order valence-corrected chi connectivity index (χ4v) is 3.98. The largest absolute Gasteiger partial charge is 0.496 e. The molecule has 3 aromatic rings. The van der Waals surface area contributed by atoms with Crippen molar-refractivity contribution in [3.63, 3.8) is 0 Å². The van der Waals surface area contributed by atoms with Crippen LogP contribution in [0, 0.1) is 0 Å². The van der Waals surface area contributed by atoms with Crippen LogP contribution in [0.15, 0.2) is 35.7 Å². The molecule has 0 radical (unpaired) electrons. The Labute approximate surface area is 125 Å². The van der Waals surface area contributed by atoms with Crippen LogP contribution < -0.4 is 16.0 Å². The van der Waals surface area contributed by atoms with Crippen molar-refractivity contribution in [2.24, 2.45) is 5.84 Å². The summed E-state index contributed by atoms with van der Waals surface area (Å²) in [5.41, 5.74) is 3.92. The Morgan fingerprint density at radius 1 is 1.40 bits per heavy atom. The van der Waals surface area contributed by atoms with Gasteiger partial charge in [0.05, 0.1) is 28.4 Å². The summed E-state index contributed by atoms with van der Waals surface area (Å²) in [5, 5.41) is 3.07. The molecule has 1 atom stereocenters. The lowest BCUT2D eigenvalue weighted by molar-refractivity contribution is 0.415. The van der Waals surface area contributed by atoms with Crippen molar-refractivity contribution in [3.05, 3.63) is 45.6 Å². The van der Waals surface area contributed by atoms with Gasteiger partial charge in [0.25, 0.3) is 0 Å². The third kappa shape index (κ3) is 2.69. The second kappa shape index (κ2) is 5.88. The molecule has 3 N–H and O–H groups in total. The topological polar surface area (TPSA) is 60.2 Å². The van der Waals surface area contributed by atoms with Gasteiger partial charge in [0, 0.05) is 16.7 Å². The normalized spacial score (nSPS) is 12.7. The number of nitrogens with zero attached hydrogens (tertiary/aromatic N) is 1. The van der Waals surface area contributed by atoms with E-state index in [-0.39, 0.29) is 6.04 Å². The molecule has 0 fully saturated rings. The zero-order chi connectivity index (χ0) is 13.9. The molecule has 0 amide bonds. The van der Waals surface area contributed by atoms with Crippen LogP contribution in [0.3, 0.4) is 0 Å². The molecule has 104 valence electrons. The van der Waals surface area contributed by atoms with Crippen LogP contribution in [0.4, 0.5) is 0 Å². The number of benzene rings is 1. The second-order valence-electron chi connectivity index (χ2n) is 4.39. The summed E-state index contributed by atoms with van der Waals surface area (Å²) in [4.78, 5) is 5.81. The number of hydrogen-bond acceptors (Lipinski definition) is 6. The summed E-state index contributed by atoms with van der Waals surface area (Å²) in [6.07, 6.45) is 0.777. The second-order valence-corrected chi connectivity index (χ2v) is 6.45. The molecule has 2 aromatic heterocycles. The number of nitrogens with two attached hydrogens (primary N) is 1. The van der Waals surface area contributed by atoms with Gasteiger partial charge in [0.15, 0.2) is 0 Å². The van der Waals surface area contributed by atoms with E-state index in [1.807, 2.05) is 29.6 Å². The van der Waals surface area contributed by atoms with Crippen molar-refractivity contribution in [2.45, 2.75) is 12.5 Å². The molecule has 0 saturated carbocycles. The fraction of sp³-hybridized carbons (Fsp3) is 0.214. The summed E-state index contributed by atoms with van der Waals surface area (Å²) in [7, 11) is 1.67. The van der Waals surface area contributed by atoms with Gasteiger partial charge in [-0.25, -0.2) is 4.98 Å². The highest BCUT2D eigenvalue weighted by Gasteiger charge is 2.16. The van der Waals surface area contributed by atoms with E-state index in [0.717, 1.165) is 27.6 Å². The van der Waals surface area contributed by atoms with Gasteiger partial charge in [-0.3, -0.25) is 11.3 Å². The van der Waals surface area contributed by atoms with E-state index in [0.29, 0.717) is 0 Å². The Hall–Kier alpha value is -1.47. The number of hydrazine groups is 1. The Balaban J connectivity index is 1.83. The Morgan fingerprint density at radius 2 is 2.25 bits per heavy atom. The molecule has 0 saturated heterocycles. The minimum atomic E-state index is 0.0597. The van der Waals surface area contributed by atoms with E-state index < -0.39 is 0 Å². The van der Waals surface area contributed by atoms with Crippen molar-refractivity contribution >= 4 is 32.9 Å². The van der Waals surface area contributed by atoms with E-state index in [9.17, 15) is 0 Å². The average molecular weight is 305 g/mol. The molecule has 1 aromatic carbocycles. The number of hydrogen-bond donors (Lipinski definition) is 2. The summed E-state index contributed by atoms with van der Waals surface area (Å²) >= 11 is 3.36. The van der Waals surface area contributed by atoms with E-state index in [1.54, 1.807) is 29.8 Å². The number of rotatable bonds is 5. The molecule has 20 heavy (non-hydrogen) atoms. The van der Waals surface area contributed by atoms with Gasteiger partial charge in [-0.05, 0) is 18.2 Å². The van der Waals surface area contributed by atoms with Crippen molar-refractivity contribution in [2.75, 3.05) is 7.11 Å². The molecule has 0 spiro atoms. The van der Waals surface area contributed by atoms with Crippen molar-refractivity contribution < 1.29 is 4.74 Å². The maximum atomic E-state index is 5.69. The lowest BCUT2D eigenvalue weighted by Crippen LogP contribution is -2.28. The minimum Gasteiger partial charge on any atom is -0.496 e. The number of thiazole rings is 1. The van der Waals surface area contributed by atoms with Gasteiger partial charge < -0.3 is 4.74 Å². The van der Waals surface area contributed by atoms with Crippen LogP contribution in [0.25, 0.3) is 10.2 Å². The highest BCUT2D eigenvalue weighted by molar-refractivity contribution is 7.18. The van der Waals surface area contributed by atoms with Crippen LogP contribution in [0.5, 0.6) is 5.75 Å². The number of aromatic nitrogens is 1. The van der Waals surface area contributed by atoms with Crippen LogP contribution in [-0.4, -0.2) is 12.1 Å². The molecular formula is C14H15N3OS2. The van der Waals surface area contributed by atoms with Gasteiger partial charge in [-0.1, -0.05) is 12.1 Å². The Kier molecular flexibility index (Phi) is 3.98. The number of thiophene rings is 1. The number of fused-ring (bicyclic) bond motifs is 1. The molecule has 3 rings (SSSR count). The predicted molar refractivity (Wildman–Crippen MR) is 84.3 cm³/mol. The third-order valence-electron chi connectivity index (χ3n) is 3.09. The van der Waals surface area contributed by atoms with Gasteiger partial charge >= 0.3 is 0 Å². The van der Waals surface area contributed by atoms with Gasteiger partial charge in [-0.15, -0.1) is 22.7 Å². The number of methoxy groups -OCH3 is 1. The quantitative estimate of drug-likeness (QED) is 0.562. The summed E-state index contributed by atoms with van der Waals surface area (Å²) in [6, 6.07) is 10.2. The van der Waals surface area contributed by atoms with Crippen LogP contribution in [0.1, 0.15) is 15.9 Å². The number of ether oxygens (including phenoxy) is 1. The number of nitrogens with one attached hydrogen (secondary N) is 1. The smallest absolute Gasteiger partial charge is 0.129 e. The summed E-state index contributed by atoms with van der Waals surface area (Å²) < 4.78 is 6.43. The van der Waals surface area contributed by atoms with E-state index in [2.05, 4.69) is 16.5 Å². The first-order valence-electron chi connectivity index (χ1n) is 6.23. The van der Waals surface area contributed by atoms with E-state index in [1.165, 1.54) is 4.70 Å². The molecule has 1 unspecified atom stereocenters. The third-order valence-corrected chi connectivity index (χ3v) is 5.18. The molecule has 0 aliphatic rings. The van der Waals surface area contributed by atoms with Gasteiger partial charge in [0.2, 0.25) is 0 Å². The van der Waals surface area contributed by atoms with Crippen molar-refractivity contribution in [1.82, 2.24) is 10.4 Å². The highest BCUT2D eigenvalue weighted by atomic mass is 32.1. The zero-order valence-corrected chi connectivity index (χ0v) is 12.6. The monoisotopic (exact) mass is 305 g/mol. The molecule has 0 aliphatic heterocycles. The first-order chi connectivity index (χ1) is 9.80.